The number of benzene rings is 1. The van der Waals surface area contributed by atoms with Crippen molar-refractivity contribution in [2.45, 2.75) is 18.1 Å². The fraction of sp³-hybridized carbons (Fsp3) is 0.600. The van der Waals surface area contributed by atoms with Crippen LogP contribution in [0.2, 0.25) is 0 Å². The predicted molar refractivity (Wildman–Crippen MR) is 109 cm³/mol. The molecule has 2 aliphatic rings. The van der Waals surface area contributed by atoms with Crippen molar-refractivity contribution in [3.63, 3.8) is 0 Å². The number of carbonyl (C=O) groups excluding carboxylic acids is 2. The van der Waals surface area contributed by atoms with Crippen LogP contribution < -0.4 is 5.32 Å². The van der Waals surface area contributed by atoms with E-state index in [0.717, 1.165) is 5.56 Å². The molecule has 2 N–H and O–H groups in total. The summed E-state index contributed by atoms with van der Waals surface area (Å²) in [5, 5.41) is 14.2. The van der Waals surface area contributed by atoms with Gasteiger partial charge in [-0.1, -0.05) is 30.3 Å². The van der Waals surface area contributed by atoms with Crippen LogP contribution in [0.1, 0.15) is 12.0 Å². The van der Waals surface area contributed by atoms with Crippen molar-refractivity contribution in [2.24, 2.45) is 0 Å². The summed E-state index contributed by atoms with van der Waals surface area (Å²) in [6.07, 6.45) is 1.63. The lowest BCUT2D eigenvalue weighted by molar-refractivity contribution is -0.138. The molecule has 0 unspecified atom stereocenters. The molecule has 1 aromatic carbocycles. The number of likely N-dealkylation sites (tertiary alicyclic amines) is 1. The highest BCUT2D eigenvalue weighted by molar-refractivity contribution is 7.99. The molecule has 0 aromatic heterocycles. The topological polar surface area (TPSA) is 82.1 Å². The summed E-state index contributed by atoms with van der Waals surface area (Å²) in [7, 11) is 0. The van der Waals surface area contributed by atoms with Crippen LogP contribution in [0.3, 0.4) is 0 Å². The van der Waals surface area contributed by atoms with Gasteiger partial charge in [-0.15, -0.1) is 0 Å². The molecular weight excluding hydrogens is 378 g/mol. The molecule has 8 heteroatoms. The summed E-state index contributed by atoms with van der Waals surface area (Å²) < 4.78 is 5.30. The average Bonchev–Trinajstić information content (AvgIpc) is 2.71. The molecule has 2 fully saturated rings. The average molecular weight is 408 g/mol. The van der Waals surface area contributed by atoms with Crippen molar-refractivity contribution in [1.29, 1.82) is 0 Å². The number of thioether (sulfide) groups is 1. The van der Waals surface area contributed by atoms with Crippen LogP contribution in [-0.4, -0.2) is 90.8 Å². The summed E-state index contributed by atoms with van der Waals surface area (Å²) in [5.41, 5.74) is 0.0724. The first-order valence-corrected chi connectivity index (χ1v) is 11.1. The molecular formula is C20H29N3O4S. The van der Waals surface area contributed by atoms with Gasteiger partial charge in [-0.25, -0.2) is 0 Å². The van der Waals surface area contributed by atoms with E-state index in [1.165, 1.54) is 11.8 Å². The van der Waals surface area contributed by atoms with E-state index in [2.05, 4.69) is 5.32 Å². The standard InChI is InChI=1S/C20H29N3O4S/c1-28-15-18(25)21-20(16-5-3-2-4-6-16)7-8-22(13-17(20)24)14-19(26)23-9-11-27-12-10-23/h2-6,17,24H,7-15H2,1H3,(H,21,25)/t17-,20+/m1/s1. The van der Waals surface area contributed by atoms with E-state index < -0.39 is 11.6 Å². The number of piperidine rings is 1. The minimum atomic E-state index is -0.827. The van der Waals surface area contributed by atoms with Crippen molar-refractivity contribution in [2.75, 3.05) is 57.9 Å². The Labute approximate surface area is 170 Å². The number of morpholine rings is 1. The van der Waals surface area contributed by atoms with E-state index >= 15 is 0 Å². The van der Waals surface area contributed by atoms with Crippen LogP contribution in [0, 0.1) is 0 Å². The smallest absolute Gasteiger partial charge is 0.236 e. The fourth-order valence-corrected chi connectivity index (χ4v) is 4.28. The Hall–Kier alpha value is -1.61. The number of amides is 2. The maximum Gasteiger partial charge on any atom is 0.236 e. The fourth-order valence-electron chi connectivity index (χ4n) is 3.95. The van der Waals surface area contributed by atoms with Gasteiger partial charge < -0.3 is 20.1 Å². The number of β-amino-alcohol motifs (C(OH)–C–C–N with tert-alkyl or cyclic N) is 1. The number of aliphatic hydroxyl groups excluding tert-OH is 1. The van der Waals surface area contributed by atoms with E-state index in [1.54, 1.807) is 0 Å². The highest BCUT2D eigenvalue weighted by Gasteiger charge is 2.45. The number of carbonyl (C=O) groups is 2. The Morgan fingerprint density at radius 3 is 2.61 bits per heavy atom. The van der Waals surface area contributed by atoms with Crippen LogP contribution in [-0.2, 0) is 19.9 Å². The summed E-state index contributed by atoms with van der Waals surface area (Å²) >= 11 is 1.45. The Balaban J connectivity index is 1.70. The normalized spacial score (nSPS) is 26.1. The third kappa shape index (κ3) is 4.86. The Bertz CT molecular complexity index is 669. The van der Waals surface area contributed by atoms with Gasteiger partial charge in [0.1, 0.15) is 0 Å². The largest absolute Gasteiger partial charge is 0.389 e. The molecule has 28 heavy (non-hydrogen) atoms. The van der Waals surface area contributed by atoms with E-state index in [1.807, 2.05) is 46.4 Å². The highest BCUT2D eigenvalue weighted by atomic mass is 32.2. The Morgan fingerprint density at radius 2 is 1.96 bits per heavy atom. The zero-order valence-corrected chi connectivity index (χ0v) is 17.1. The maximum atomic E-state index is 12.5. The molecule has 2 amide bonds. The van der Waals surface area contributed by atoms with E-state index in [4.69, 9.17) is 4.74 Å². The summed E-state index contributed by atoms with van der Waals surface area (Å²) in [6.45, 7) is 3.63. The quantitative estimate of drug-likeness (QED) is 0.705. The molecule has 154 valence electrons. The van der Waals surface area contributed by atoms with Crippen LogP contribution in [0.25, 0.3) is 0 Å². The first-order valence-electron chi connectivity index (χ1n) is 9.66. The van der Waals surface area contributed by atoms with Crippen molar-refractivity contribution in [3.05, 3.63) is 35.9 Å². The van der Waals surface area contributed by atoms with Crippen molar-refractivity contribution >= 4 is 23.6 Å². The first kappa shape index (κ1) is 21.1. The third-order valence-corrected chi connectivity index (χ3v) is 6.02. The minimum Gasteiger partial charge on any atom is -0.389 e. The number of hydrogen-bond acceptors (Lipinski definition) is 6. The molecule has 7 nitrogen and oxygen atoms in total. The van der Waals surface area contributed by atoms with Crippen molar-refractivity contribution in [1.82, 2.24) is 15.1 Å². The molecule has 0 radical (unpaired) electrons. The zero-order valence-electron chi connectivity index (χ0n) is 16.3. The van der Waals surface area contributed by atoms with Gasteiger partial charge in [0.15, 0.2) is 0 Å². The molecule has 2 atom stereocenters. The van der Waals surface area contributed by atoms with Crippen LogP contribution in [0.4, 0.5) is 0 Å². The van der Waals surface area contributed by atoms with Gasteiger partial charge in [0.2, 0.25) is 11.8 Å². The first-order chi connectivity index (χ1) is 13.5. The molecule has 2 aliphatic heterocycles. The SMILES string of the molecule is CSCC(=O)N[C@]1(c2ccccc2)CCN(CC(=O)N2CCOCC2)C[C@H]1O. The van der Waals surface area contributed by atoms with Gasteiger partial charge in [-0.2, -0.15) is 11.8 Å². The lowest BCUT2D eigenvalue weighted by atomic mass is 9.78. The van der Waals surface area contributed by atoms with Gasteiger partial charge >= 0.3 is 0 Å². The molecule has 2 heterocycles. The van der Waals surface area contributed by atoms with Crippen LogP contribution in [0.5, 0.6) is 0 Å². The Morgan fingerprint density at radius 1 is 1.25 bits per heavy atom. The summed E-state index contributed by atoms with van der Waals surface area (Å²) in [5.74, 6) is 0.322. The second-order valence-electron chi connectivity index (χ2n) is 7.31. The number of rotatable bonds is 6. The highest BCUT2D eigenvalue weighted by Crippen LogP contribution is 2.33. The van der Waals surface area contributed by atoms with Gasteiger partial charge in [-0.05, 0) is 18.2 Å². The summed E-state index contributed by atoms with van der Waals surface area (Å²) in [6, 6.07) is 9.63. The number of aliphatic hydroxyl groups is 1. The van der Waals surface area contributed by atoms with Gasteiger partial charge in [-0.3, -0.25) is 14.5 Å². The molecule has 0 saturated carbocycles. The van der Waals surface area contributed by atoms with Gasteiger partial charge in [0.25, 0.3) is 0 Å². The second kappa shape index (κ2) is 9.73. The van der Waals surface area contributed by atoms with Gasteiger partial charge in [0, 0.05) is 26.2 Å². The van der Waals surface area contributed by atoms with E-state index in [-0.39, 0.29) is 18.4 Å². The zero-order chi connectivity index (χ0) is 20.0. The molecule has 0 aliphatic carbocycles. The number of ether oxygens (including phenoxy) is 1. The lowest BCUT2D eigenvalue weighted by Crippen LogP contribution is -2.63. The minimum absolute atomic E-state index is 0.0640. The molecule has 0 spiro atoms. The van der Waals surface area contributed by atoms with E-state index in [0.29, 0.717) is 51.6 Å². The van der Waals surface area contributed by atoms with Crippen LogP contribution >= 0.6 is 11.8 Å². The lowest BCUT2D eigenvalue weighted by Gasteiger charge is -2.46. The number of nitrogens with zero attached hydrogens (tertiary/aromatic N) is 2. The van der Waals surface area contributed by atoms with E-state index in [9.17, 15) is 14.7 Å². The predicted octanol–water partition coefficient (Wildman–Crippen LogP) is 0.287. The number of hydrogen-bond donors (Lipinski definition) is 2. The Kier molecular flexibility index (Phi) is 7.34. The second-order valence-corrected chi connectivity index (χ2v) is 8.18. The van der Waals surface area contributed by atoms with Crippen molar-refractivity contribution in [3.8, 4) is 0 Å². The van der Waals surface area contributed by atoms with Gasteiger partial charge in [0.05, 0.1) is 37.2 Å². The van der Waals surface area contributed by atoms with Crippen LogP contribution in [0.15, 0.2) is 30.3 Å². The molecule has 1 aromatic rings. The summed E-state index contributed by atoms with van der Waals surface area (Å²) in [4.78, 5) is 28.7. The monoisotopic (exact) mass is 407 g/mol. The van der Waals surface area contributed by atoms with Crippen molar-refractivity contribution < 1.29 is 19.4 Å². The molecule has 2 saturated heterocycles. The molecule has 0 bridgehead atoms. The maximum absolute atomic E-state index is 12.5. The third-order valence-electron chi connectivity index (χ3n) is 5.47. The number of nitrogens with one attached hydrogen (secondary N) is 1. The molecule has 3 rings (SSSR count).